The van der Waals surface area contributed by atoms with Crippen molar-refractivity contribution in [3.63, 3.8) is 0 Å². The second kappa shape index (κ2) is 7.05. The van der Waals surface area contributed by atoms with Crippen LogP contribution < -0.4 is 0 Å². The number of hydrogen-bond acceptors (Lipinski definition) is 10. The van der Waals surface area contributed by atoms with Crippen molar-refractivity contribution in [2.45, 2.75) is 38.3 Å². The highest BCUT2D eigenvalue weighted by Crippen LogP contribution is 2.24. The fourth-order valence-electron chi connectivity index (χ4n) is 2.10. The van der Waals surface area contributed by atoms with Gasteiger partial charge < -0.3 is 28.4 Å². The van der Waals surface area contributed by atoms with Crippen molar-refractivity contribution >= 4 is 46.8 Å². The van der Waals surface area contributed by atoms with Gasteiger partial charge in [0, 0.05) is 38.3 Å². The van der Waals surface area contributed by atoms with E-state index in [-0.39, 0.29) is 23.7 Å². The van der Waals surface area contributed by atoms with E-state index in [2.05, 4.69) is 0 Å². The van der Waals surface area contributed by atoms with Crippen LogP contribution in [-0.4, -0.2) is 60.0 Å². The summed E-state index contributed by atoms with van der Waals surface area (Å²) in [5.41, 5.74) is 0. The summed E-state index contributed by atoms with van der Waals surface area (Å²) in [5, 5.41) is -0.134. The number of hydrogen-bond donors (Lipinski definition) is 0. The van der Waals surface area contributed by atoms with E-state index in [1.165, 1.54) is 13.8 Å². The minimum absolute atomic E-state index is 0.0621. The Morgan fingerprint density at radius 2 is 1.32 bits per heavy atom. The van der Waals surface area contributed by atoms with Crippen molar-refractivity contribution in [2.24, 2.45) is 0 Å². The number of carbonyl (C=O) groups excluding carboxylic acids is 2. The molecule has 0 aromatic rings. The number of carbonyl (C=O) groups is 2. The lowest BCUT2D eigenvalue weighted by Crippen LogP contribution is -2.50. The van der Waals surface area contributed by atoms with Gasteiger partial charge in [-0.05, 0) is 0 Å². The van der Waals surface area contributed by atoms with E-state index in [1.807, 2.05) is 0 Å². The molecular formula is C12H14O8S2. The molecule has 122 valence electrons. The predicted octanol–water partition coefficient (Wildman–Crippen LogP) is 0.250. The van der Waals surface area contributed by atoms with E-state index >= 15 is 0 Å². The van der Waals surface area contributed by atoms with Gasteiger partial charge in [0.2, 0.25) is 0 Å². The zero-order valence-electron chi connectivity index (χ0n) is 11.8. The van der Waals surface area contributed by atoms with Gasteiger partial charge in [-0.3, -0.25) is 9.59 Å². The molecule has 0 aromatic carbocycles. The van der Waals surface area contributed by atoms with Gasteiger partial charge in [0.15, 0.2) is 24.4 Å². The second-order valence-electron chi connectivity index (χ2n) is 4.58. The number of ether oxygens (including phenoxy) is 6. The molecule has 2 aliphatic heterocycles. The Bertz CT molecular complexity index is 450. The summed E-state index contributed by atoms with van der Waals surface area (Å²) in [6, 6.07) is 0. The molecule has 4 atom stereocenters. The van der Waals surface area contributed by atoms with E-state index in [4.69, 9.17) is 52.9 Å². The lowest BCUT2D eigenvalue weighted by atomic mass is 10.0. The molecule has 2 rings (SSSR count). The van der Waals surface area contributed by atoms with Crippen LogP contribution in [-0.2, 0) is 38.0 Å². The Morgan fingerprint density at radius 3 is 1.55 bits per heavy atom. The second-order valence-corrected chi connectivity index (χ2v) is 5.25. The Morgan fingerprint density at radius 1 is 0.955 bits per heavy atom. The van der Waals surface area contributed by atoms with E-state index in [1.54, 1.807) is 0 Å². The molecule has 2 saturated heterocycles. The van der Waals surface area contributed by atoms with Gasteiger partial charge >= 0.3 is 22.4 Å². The third-order valence-electron chi connectivity index (χ3n) is 2.89. The molecule has 0 spiro atoms. The number of esters is 2. The van der Waals surface area contributed by atoms with E-state index < -0.39 is 36.4 Å². The summed E-state index contributed by atoms with van der Waals surface area (Å²) < 4.78 is 31.1. The molecule has 2 fully saturated rings. The van der Waals surface area contributed by atoms with Crippen LogP contribution in [0.3, 0.4) is 0 Å². The highest BCUT2D eigenvalue weighted by Gasteiger charge is 2.47. The summed E-state index contributed by atoms with van der Waals surface area (Å²) in [6.07, 6.45) is -3.40. The summed E-state index contributed by atoms with van der Waals surface area (Å²) in [7, 11) is 0. The molecule has 2 heterocycles. The molecule has 8 nitrogen and oxygen atoms in total. The normalized spacial score (nSPS) is 26.1. The van der Waals surface area contributed by atoms with E-state index in [0.29, 0.717) is 0 Å². The van der Waals surface area contributed by atoms with Crippen molar-refractivity contribution < 1.29 is 38.0 Å². The first kappa shape index (κ1) is 16.7. The maximum atomic E-state index is 11.4. The number of rotatable bonds is 5. The molecule has 0 amide bonds. The molecule has 0 bridgehead atoms. The molecule has 0 aliphatic carbocycles. The van der Waals surface area contributed by atoms with Crippen LogP contribution in [0.4, 0.5) is 0 Å². The summed E-state index contributed by atoms with van der Waals surface area (Å²) in [6.45, 7) is 2.57. The van der Waals surface area contributed by atoms with Gasteiger partial charge in [0.25, 0.3) is 0 Å². The molecule has 0 unspecified atom stereocenters. The summed E-state index contributed by atoms with van der Waals surface area (Å²) in [5.74, 6) is -1.16. The monoisotopic (exact) mass is 350 g/mol. The van der Waals surface area contributed by atoms with Crippen molar-refractivity contribution in [2.75, 3.05) is 13.2 Å². The molecule has 10 heteroatoms. The fraction of sp³-hybridized carbons (Fsp3) is 0.667. The maximum Gasteiger partial charge on any atom is 0.352 e. The van der Waals surface area contributed by atoms with Crippen LogP contribution in [0.25, 0.3) is 0 Å². The van der Waals surface area contributed by atoms with Gasteiger partial charge in [0.1, 0.15) is 13.2 Å². The van der Waals surface area contributed by atoms with Crippen molar-refractivity contribution in [3.05, 3.63) is 0 Å². The Hall–Kier alpha value is -1.68. The smallest absolute Gasteiger partial charge is 0.352 e. The van der Waals surface area contributed by atoms with Crippen molar-refractivity contribution in [3.8, 4) is 0 Å². The fourth-order valence-corrected chi connectivity index (χ4v) is 2.48. The third kappa shape index (κ3) is 4.17. The van der Waals surface area contributed by atoms with Gasteiger partial charge in [0.05, 0.1) is 0 Å². The van der Waals surface area contributed by atoms with E-state index in [9.17, 15) is 9.59 Å². The first-order valence-corrected chi connectivity index (χ1v) is 7.19. The predicted molar refractivity (Wildman–Crippen MR) is 78.0 cm³/mol. The zero-order chi connectivity index (χ0) is 16.3. The Kier molecular flexibility index (Phi) is 5.35. The first-order valence-electron chi connectivity index (χ1n) is 6.38. The van der Waals surface area contributed by atoms with Crippen LogP contribution in [0, 0.1) is 0 Å². The molecule has 0 saturated carbocycles. The van der Waals surface area contributed by atoms with E-state index in [0.717, 1.165) is 0 Å². The third-order valence-corrected chi connectivity index (χ3v) is 3.32. The number of thiocarbonyl (C=S) groups is 2. The quantitative estimate of drug-likeness (QED) is 0.508. The molecule has 0 aromatic heterocycles. The minimum atomic E-state index is -0.976. The highest BCUT2D eigenvalue weighted by molar-refractivity contribution is 7.79. The molecule has 0 N–H and O–H groups in total. The maximum absolute atomic E-state index is 11.4. The average molecular weight is 350 g/mol. The largest absolute Gasteiger partial charge is 0.454 e. The molecular weight excluding hydrogens is 336 g/mol. The lowest BCUT2D eigenvalue weighted by Gasteiger charge is -2.30. The molecule has 2 aliphatic rings. The molecule has 22 heavy (non-hydrogen) atoms. The van der Waals surface area contributed by atoms with Gasteiger partial charge in [-0.2, -0.15) is 0 Å². The summed E-state index contributed by atoms with van der Waals surface area (Å²) in [4.78, 5) is 22.7. The van der Waals surface area contributed by atoms with Crippen molar-refractivity contribution in [1.82, 2.24) is 0 Å². The first-order chi connectivity index (χ1) is 10.4. The van der Waals surface area contributed by atoms with Gasteiger partial charge in [-0.15, -0.1) is 0 Å². The Labute approximate surface area is 136 Å². The average Bonchev–Trinajstić information content (AvgIpc) is 3.02. The summed E-state index contributed by atoms with van der Waals surface area (Å²) >= 11 is 9.57. The Balaban J connectivity index is 2.21. The standard InChI is InChI=1S/C12H14O8S2/c1-5(13)17-9(7-3-15-11(21)19-7)10(18-6(2)14)8-4-16-12(22)20-8/h7-10H,3-4H2,1-2H3/t7-,8+,9+,10-. The van der Waals surface area contributed by atoms with Gasteiger partial charge in [-0.1, -0.05) is 0 Å². The minimum Gasteiger partial charge on any atom is -0.454 e. The molecule has 0 radical (unpaired) electrons. The lowest BCUT2D eigenvalue weighted by molar-refractivity contribution is -0.181. The van der Waals surface area contributed by atoms with Crippen LogP contribution >= 0.6 is 24.4 Å². The van der Waals surface area contributed by atoms with Gasteiger partial charge in [-0.25, -0.2) is 0 Å². The topological polar surface area (TPSA) is 89.5 Å². The highest BCUT2D eigenvalue weighted by atomic mass is 32.1. The zero-order valence-corrected chi connectivity index (χ0v) is 13.4. The van der Waals surface area contributed by atoms with Crippen molar-refractivity contribution in [1.29, 1.82) is 0 Å². The van der Waals surface area contributed by atoms with Crippen LogP contribution in [0.1, 0.15) is 13.8 Å². The SMILES string of the molecule is CC(=O)O[C@H]([C@H](OC(C)=O)[C@@H]1COC(=S)O1)[C@H]1COC(=S)O1. The van der Waals surface area contributed by atoms with Crippen LogP contribution in [0.15, 0.2) is 0 Å². The van der Waals surface area contributed by atoms with Crippen LogP contribution in [0.2, 0.25) is 0 Å². The van der Waals surface area contributed by atoms with Crippen LogP contribution in [0.5, 0.6) is 0 Å².